The molecule has 1 fully saturated rings. The van der Waals surface area contributed by atoms with E-state index in [4.69, 9.17) is 0 Å². The first-order chi connectivity index (χ1) is 6.69. The van der Waals surface area contributed by atoms with Gasteiger partial charge in [0.2, 0.25) is 6.41 Å². The molecule has 1 N–H and O–H groups in total. The number of hydrogen-bond donors (Lipinski definition) is 1. The Bertz CT molecular complexity index is 246. The van der Waals surface area contributed by atoms with E-state index in [1.807, 2.05) is 0 Å². The van der Waals surface area contributed by atoms with Crippen molar-refractivity contribution in [3.8, 4) is 0 Å². The van der Waals surface area contributed by atoms with Crippen LogP contribution in [0.1, 0.15) is 0 Å². The molecule has 0 aliphatic carbocycles. The van der Waals surface area contributed by atoms with Gasteiger partial charge in [-0.25, -0.2) is 0 Å². The van der Waals surface area contributed by atoms with Crippen LogP contribution < -0.4 is 5.32 Å². The van der Waals surface area contributed by atoms with Crippen LogP contribution in [-0.2, 0) is 14.4 Å². The molecule has 6 nitrogen and oxygen atoms in total. The van der Waals surface area contributed by atoms with Gasteiger partial charge in [0.25, 0.3) is 0 Å². The van der Waals surface area contributed by atoms with Gasteiger partial charge in [0.15, 0.2) is 0 Å². The van der Waals surface area contributed by atoms with Crippen molar-refractivity contribution in [1.82, 2.24) is 15.1 Å². The van der Waals surface area contributed by atoms with E-state index in [1.165, 1.54) is 11.9 Å². The van der Waals surface area contributed by atoms with E-state index in [-0.39, 0.29) is 0 Å². The molecule has 0 aromatic carbocycles. The fourth-order valence-corrected chi connectivity index (χ4v) is 1.28. The summed E-state index contributed by atoms with van der Waals surface area (Å²) in [6.07, 6.45) is 0.752. The first-order valence-corrected chi connectivity index (χ1v) is 4.39. The van der Waals surface area contributed by atoms with Crippen molar-refractivity contribution in [2.24, 2.45) is 0 Å². The lowest BCUT2D eigenvalue weighted by atomic mass is 10.3. The number of nitrogens with one attached hydrogen (secondary N) is 1. The van der Waals surface area contributed by atoms with Gasteiger partial charge in [-0.3, -0.25) is 14.4 Å². The van der Waals surface area contributed by atoms with Gasteiger partial charge < -0.3 is 15.1 Å². The van der Waals surface area contributed by atoms with Crippen LogP contribution in [0.4, 0.5) is 0 Å². The van der Waals surface area contributed by atoms with Crippen molar-refractivity contribution in [3.05, 3.63) is 0 Å². The van der Waals surface area contributed by atoms with Gasteiger partial charge in [-0.05, 0) is 0 Å². The summed E-state index contributed by atoms with van der Waals surface area (Å²) in [6.45, 7) is 1.83. The number of hydrogen-bond acceptors (Lipinski definition) is 3. The van der Waals surface area contributed by atoms with Crippen LogP contribution in [0.2, 0.25) is 0 Å². The lowest BCUT2D eigenvalue weighted by Gasteiger charge is -2.31. The molecule has 1 rings (SSSR count). The molecule has 14 heavy (non-hydrogen) atoms. The van der Waals surface area contributed by atoms with Crippen LogP contribution in [0.3, 0.4) is 0 Å². The SMILES string of the molecule is CNC(=O)C(=O)N1CCN(C=O)CC1. The number of carbonyl (C=O) groups is 3. The average Bonchev–Trinajstić information content (AvgIpc) is 2.27. The fraction of sp³-hybridized carbons (Fsp3) is 0.625. The molecule has 0 spiro atoms. The predicted molar refractivity (Wildman–Crippen MR) is 48.3 cm³/mol. The average molecular weight is 199 g/mol. The predicted octanol–water partition coefficient (Wildman–Crippen LogP) is -1.97. The Morgan fingerprint density at radius 2 is 1.79 bits per heavy atom. The number of likely N-dealkylation sites (N-methyl/N-ethyl adjacent to an activating group) is 1. The molecule has 0 aromatic rings. The summed E-state index contributed by atoms with van der Waals surface area (Å²) in [6, 6.07) is 0. The van der Waals surface area contributed by atoms with E-state index in [2.05, 4.69) is 5.32 Å². The summed E-state index contributed by atoms with van der Waals surface area (Å²) in [5.41, 5.74) is 0. The number of piperazine rings is 1. The van der Waals surface area contributed by atoms with Gasteiger partial charge in [-0.15, -0.1) is 0 Å². The number of nitrogens with zero attached hydrogens (tertiary/aromatic N) is 2. The third-order valence-corrected chi connectivity index (χ3v) is 2.17. The smallest absolute Gasteiger partial charge is 0.311 e. The van der Waals surface area contributed by atoms with Gasteiger partial charge in [-0.2, -0.15) is 0 Å². The molecule has 0 atom stereocenters. The van der Waals surface area contributed by atoms with E-state index >= 15 is 0 Å². The Morgan fingerprint density at radius 1 is 1.21 bits per heavy atom. The van der Waals surface area contributed by atoms with Crippen LogP contribution in [0.5, 0.6) is 0 Å². The Kier molecular flexibility index (Phi) is 3.44. The lowest BCUT2D eigenvalue weighted by molar-refractivity contribution is -0.147. The molecule has 1 heterocycles. The summed E-state index contributed by atoms with van der Waals surface area (Å²) < 4.78 is 0. The zero-order valence-electron chi connectivity index (χ0n) is 8.02. The standard InChI is InChI=1S/C8H13N3O3/c1-9-7(13)8(14)11-4-2-10(6-12)3-5-11/h6H,2-5H2,1H3,(H,9,13). The monoisotopic (exact) mass is 199 g/mol. The molecule has 0 unspecified atom stereocenters. The zero-order valence-corrected chi connectivity index (χ0v) is 8.02. The summed E-state index contributed by atoms with van der Waals surface area (Å²) >= 11 is 0. The number of amides is 3. The van der Waals surface area contributed by atoms with E-state index in [9.17, 15) is 14.4 Å². The molecule has 0 aromatic heterocycles. The Morgan fingerprint density at radius 3 is 2.21 bits per heavy atom. The maximum Gasteiger partial charge on any atom is 0.311 e. The molecular formula is C8H13N3O3. The van der Waals surface area contributed by atoms with E-state index in [0.717, 1.165) is 6.41 Å². The summed E-state index contributed by atoms with van der Waals surface area (Å²) in [5.74, 6) is -1.14. The normalized spacial score (nSPS) is 16.4. The Hall–Kier alpha value is -1.59. The highest BCUT2D eigenvalue weighted by atomic mass is 16.2. The summed E-state index contributed by atoms with van der Waals surface area (Å²) in [5, 5.41) is 2.27. The van der Waals surface area contributed by atoms with Gasteiger partial charge in [0.05, 0.1) is 0 Å². The minimum absolute atomic E-state index is 0.422. The molecule has 0 radical (unpaired) electrons. The molecule has 1 saturated heterocycles. The third kappa shape index (κ3) is 2.21. The van der Waals surface area contributed by atoms with Crippen LogP contribution in [-0.4, -0.2) is 61.3 Å². The molecule has 0 bridgehead atoms. The van der Waals surface area contributed by atoms with Crippen molar-refractivity contribution in [1.29, 1.82) is 0 Å². The van der Waals surface area contributed by atoms with Crippen LogP contribution in [0, 0.1) is 0 Å². The number of rotatable bonds is 1. The number of carbonyl (C=O) groups excluding carboxylic acids is 3. The molecule has 1 aliphatic rings. The second kappa shape index (κ2) is 4.59. The maximum absolute atomic E-state index is 11.3. The third-order valence-electron chi connectivity index (χ3n) is 2.17. The van der Waals surface area contributed by atoms with Crippen LogP contribution >= 0.6 is 0 Å². The largest absolute Gasteiger partial charge is 0.351 e. The minimum Gasteiger partial charge on any atom is -0.351 e. The maximum atomic E-state index is 11.3. The first-order valence-electron chi connectivity index (χ1n) is 4.39. The van der Waals surface area contributed by atoms with Crippen molar-refractivity contribution >= 4 is 18.2 Å². The van der Waals surface area contributed by atoms with E-state index < -0.39 is 11.8 Å². The quantitative estimate of drug-likeness (QED) is 0.393. The van der Waals surface area contributed by atoms with Crippen LogP contribution in [0.25, 0.3) is 0 Å². The van der Waals surface area contributed by atoms with Crippen molar-refractivity contribution in [3.63, 3.8) is 0 Å². The Balaban J connectivity index is 2.45. The molecule has 78 valence electrons. The van der Waals surface area contributed by atoms with Gasteiger partial charge in [-0.1, -0.05) is 0 Å². The van der Waals surface area contributed by atoms with E-state index in [0.29, 0.717) is 26.2 Å². The summed E-state index contributed by atoms with van der Waals surface area (Å²) in [7, 11) is 1.42. The molecule has 3 amide bonds. The lowest BCUT2D eigenvalue weighted by Crippen LogP contribution is -2.51. The highest BCUT2D eigenvalue weighted by molar-refractivity contribution is 6.34. The first kappa shape index (κ1) is 10.5. The second-order valence-electron chi connectivity index (χ2n) is 3.01. The zero-order chi connectivity index (χ0) is 10.6. The second-order valence-corrected chi connectivity index (χ2v) is 3.01. The highest BCUT2D eigenvalue weighted by Crippen LogP contribution is 1.99. The van der Waals surface area contributed by atoms with Crippen molar-refractivity contribution in [2.75, 3.05) is 33.2 Å². The fourth-order valence-electron chi connectivity index (χ4n) is 1.28. The highest BCUT2D eigenvalue weighted by Gasteiger charge is 2.24. The topological polar surface area (TPSA) is 69.7 Å². The summed E-state index contributed by atoms with van der Waals surface area (Å²) in [4.78, 5) is 35.7. The minimum atomic E-state index is -0.607. The molecular weight excluding hydrogens is 186 g/mol. The van der Waals surface area contributed by atoms with Crippen molar-refractivity contribution in [2.45, 2.75) is 0 Å². The van der Waals surface area contributed by atoms with E-state index in [1.54, 1.807) is 4.90 Å². The van der Waals surface area contributed by atoms with Crippen LogP contribution in [0.15, 0.2) is 0 Å². The molecule has 6 heteroatoms. The van der Waals surface area contributed by atoms with Gasteiger partial charge >= 0.3 is 11.8 Å². The van der Waals surface area contributed by atoms with Gasteiger partial charge in [0, 0.05) is 33.2 Å². The van der Waals surface area contributed by atoms with Crippen molar-refractivity contribution < 1.29 is 14.4 Å². The molecule has 1 aliphatic heterocycles. The van der Waals surface area contributed by atoms with Gasteiger partial charge in [0.1, 0.15) is 0 Å². The molecule has 0 saturated carbocycles. The Labute approximate surface area is 81.8 Å².